The minimum atomic E-state index is -1.47. The van der Waals surface area contributed by atoms with E-state index in [1.54, 1.807) is 24.8 Å². The maximum Gasteiger partial charge on any atom is 0.333 e. The number of carboxylic acids is 2. The molecule has 0 aromatic heterocycles. The monoisotopic (exact) mass is 362 g/mol. The Kier molecular flexibility index (Phi) is 5.06. The van der Waals surface area contributed by atoms with Gasteiger partial charge in [0.15, 0.2) is 0 Å². The molecule has 2 rings (SSSR count). The highest BCUT2D eigenvalue weighted by atomic mass is 16.6. The van der Waals surface area contributed by atoms with E-state index in [0.717, 1.165) is 0 Å². The van der Waals surface area contributed by atoms with Gasteiger partial charge in [0.2, 0.25) is 0 Å². The number of allylic oxidation sites excluding steroid dienone is 1. The van der Waals surface area contributed by atoms with E-state index in [1.165, 1.54) is 25.1 Å². The molecule has 3 unspecified atom stereocenters. The molecular weight excluding hydrogens is 340 g/mol. The molecule has 0 amide bonds. The van der Waals surface area contributed by atoms with Gasteiger partial charge in [0, 0.05) is 36.3 Å². The minimum absolute atomic E-state index is 0.0460. The highest BCUT2D eigenvalue weighted by Gasteiger charge is 2.55. The predicted octanol–water partition coefficient (Wildman–Crippen LogP) is 2.85. The Morgan fingerprint density at radius 1 is 1.35 bits per heavy atom. The Morgan fingerprint density at radius 2 is 1.96 bits per heavy atom. The first-order valence-corrected chi connectivity index (χ1v) is 8.25. The average Bonchev–Trinajstić information content (AvgIpc) is 2.57. The number of hydrogen-bond donors (Lipinski definition) is 2. The lowest BCUT2D eigenvalue weighted by molar-refractivity contribution is -0.384. The van der Waals surface area contributed by atoms with Crippen LogP contribution in [0.4, 0.5) is 5.69 Å². The molecule has 0 fully saturated rings. The first-order chi connectivity index (χ1) is 12.1. The number of aliphatic carboxylic acids is 2. The molecule has 1 aliphatic rings. The molecule has 0 aliphatic carbocycles. The van der Waals surface area contributed by atoms with Gasteiger partial charge in [-0.15, -0.1) is 0 Å². The molecule has 140 valence electrons. The van der Waals surface area contributed by atoms with Crippen LogP contribution in [0.3, 0.4) is 0 Å². The molecule has 3 atom stereocenters. The number of nitrogens with zero attached hydrogens (tertiary/aromatic N) is 2. The summed E-state index contributed by atoms with van der Waals surface area (Å²) in [5.74, 6) is -3.39. The quantitative estimate of drug-likeness (QED) is 0.610. The Hall–Kier alpha value is -2.90. The van der Waals surface area contributed by atoms with Crippen molar-refractivity contribution in [2.45, 2.75) is 39.7 Å². The van der Waals surface area contributed by atoms with Crippen molar-refractivity contribution >= 4 is 17.6 Å². The van der Waals surface area contributed by atoms with Gasteiger partial charge in [0.1, 0.15) is 0 Å². The fourth-order valence-corrected chi connectivity index (χ4v) is 3.94. The van der Waals surface area contributed by atoms with Crippen molar-refractivity contribution in [1.29, 1.82) is 0 Å². The second kappa shape index (κ2) is 6.78. The maximum absolute atomic E-state index is 12.2. The van der Waals surface area contributed by atoms with Gasteiger partial charge < -0.3 is 15.1 Å². The van der Waals surface area contributed by atoms with Crippen LogP contribution in [0.5, 0.6) is 0 Å². The number of hydrogen-bond acceptors (Lipinski definition) is 5. The zero-order valence-electron chi connectivity index (χ0n) is 15.1. The Balaban J connectivity index is 2.85. The van der Waals surface area contributed by atoms with Crippen molar-refractivity contribution in [1.82, 2.24) is 4.90 Å². The van der Waals surface area contributed by atoms with Gasteiger partial charge >= 0.3 is 11.9 Å². The van der Waals surface area contributed by atoms with E-state index < -0.39 is 34.2 Å². The largest absolute Gasteiger partial charge is 0.481 e. The molecule has 8 nitrogen and oxygen atoms in total. The molecule has 0 radical (unpaired) electrons. The van der Waals surface area contributed by atoms with Crippen LogP contribution in [-0.4, -0.2) is 44.6 Å². The Labute approximate surface area is 150 Å². The van der Waals surface area contributed by atoms with Gasteiger partial charge in [-0.25, -0.2) is 4.79 Å². The third-order valence-electron chi connectivity index (χ3n) is 5.49. The zero-order valence-corrected chi connectivity index (χ0v) is 15.1. The number of nitro groups is 1. The van der Waals surface area contributed by atoms with E-state index in [9.17, 15) is 29.9 Å². The SMILES string of the molecule is CCN1C(C)=C(C(=O)O)C(c2cccc([N+](=O)[O-])c2)C(C)(C(=O)O)C1C. The van der Waals surface area contributed by atoms with Crippen LogP contribution in [-0.2, 0) is 9.59 Å². The maximum atomic E-state index is 12.2. The number of rotatable bonds is 5. The Morgan fingerprint density at radius 3 is 2.42 bits per heavy atom. The molecule has 26 heavy (non-hydrogen) atoms. The van der Waals surface area contributed by atoms with Crippen LogP contribution in [0, 0.1) is 15.5 Å². The van der Waals surface area contributed by atoms with Crippen LogP contribution in [0.1, 0.15) is 39.2 Å². The predicted molar refractivity (Wildman–Crippen MR) is 93.8 cm³/mol. The molecule has 0 bridgehead atoms. The zero-order chi connectivity index (χ0) is 19.8. The van der Waals surface area contributed by atoms with Crippen LogP contribution < -0.4 is 0 Å². The summed E-state index contributed by atoms with van der Waals surface area (Å²) in [7, 11) is 0. The molecule has 2 N–H and O–H groups in total. The second-order valence-corrected chi connectivity index (χ2v) is 6.64. The third kappa shape index (κ3) is 2.81. The van der Waals surface area contributed by atoms with Crippen LogP contribution in [0.15, 0.2) is 35.5 Å². The topological polar surface area (TPSA) is 121 Å². The van der Waals surface area contributed by atoms with E-state index in [-0.39, 0.29) is 11.3 Å². The second-order valence-electron chi connectivity index (χ2n) is 6.64. The summed E-state index contributed by atoms with van der Waals surface area (Å²) in [6.07, 6.45) is 0. The fourth-order valence-electron chi connectivity index (χ4n) is 3.94. The molecule has 1 aromatic rings. The summed E-state index contributed by atoms with van der Waals surface area (Å²) in [4.78, 5) is 36.6. The van der Waals surface area contributed by atoms with Crippen LogP contribution >= 0.6 is 0 Å². The molecule has 0 saturated heterocycles. The van der Waals surface area contributed by atoms with Crippen molar-refractivity contribution in [3.05, 3.63) is 51.2 Å². The van der Waals surface area contributed by atoms with E-state index in [0.29, 0.717) is 17.8 Å². The number of non-ortho nitro benzene ring substituents is 1. The summed E-state index contributed by atoms with van der Waals surface area (Å²) < 4.78 is 0. The number of carboxylic acid groups (broad SMARTS) is 2. The number of benzene rings is 1. The molecule has 8 heteroatoms. The van der Waals surface area contributed by atoms with Gasteiger partial charge in [-0.3, -0.25) is 14.9 Å². The molecule has 1 heterocycles. The highest BCUT2D eigenvalue weighted by molar-refractivity contribution is 5.93. The van der Waals surface area contributed by atoms with Gasteiger partial charge in [0.05, 0.1) is 15.9 Å². The smallest absolute Gasteiger partial charge is 0.333 e. The van der Waals surface area contributed by atoms with Crippen molar-refractivity contribution < 1.29 is 24.7 Å². The summed E-state index contributed by atoms with van der Waals surface area (Å²) in [5.41, 5.74) is -0.942. The fraction of sp³-hybridized carbons (Fsp3) is 0.444. The van der Waals surface area contributed by atoms with Crippen LogP contribution in [0.2, 0.25) is 0 Å². The lowest BCUT2D eigenvalue weighted by atomic mass is 9.62. The van der Waals surface area contributed by atoms with Gasteiger partial charge in [-0.05, 0) is 33.3 Å². The first kappa shape index (κ1) is 19.4. The molecule has 1 aromatic carbocycles. The molecule has 0 spiro atoms. The van der Waals surface area contributed by atoms with E-state index >= 15 is 0 Å². The van der Waals surface area contributed by atoms with E-state index in [4.69, 9.17) is 0 Å². The lowest BCUT2D eigenvalue weighted by Crippen LogP contribution is -2.56. The summed E-state index contributed by atoms with van der Waals surface area (Å²) in [6.45, 7) is 7.17. The first-order valence-electron chi connectivity index (χ1n) is 8.25. The van der Waals surface area contributed by atoms with Crippen molar-refractivity contribution in [2.75, 3.05) is 6.54 Å². The normalized spacial score (nSPS) is 25.9. The van der Waals surface area contributed by atoms with Crippen molar-refractivity contribution in [3.63, 3.8) is 0 Å². The third-order valence-corrected chi connectivity index (χ3v) is 5.49. The Bertz CT molecular complexity index is 803. The van der Waals surface area contributed by atoms with E-state index in [2.05, 4.69) is 0 Å². The lowest BCUT2D eigenvalue weighted by Gasteiger charge is -2.50. The molecular formula is C18H22N2O6. The number of nitro benzene ring substituents is 1. The molecule has 0 saturated carbocycles. The summed E-state index contributed by atoms with van der Waals surface area (Å²) >= 11 is 0. The van der Waals surface area contributed by atoms with Gasteiger partial charge in [-0.2, -0.15) is 0 Å². The summed E-state index contributed by atoms with van der Waals surface area (Å²) in [6, 6.07) is 5.04. The van der Waals surface area contributed by atoms with Crippen LogP contribution in [0.25, 0.3) is 0 Å². The average molecular weight is 362 g/mol. The van der Waals surface area contributed by atoms with Gasteiger partial charge in [-0.1, -0.05) is 12.1 Å². The summed E-state index contributed by atoms with van der Waals surface area (Å²) in [5, 5.41) is 30.9. The van der Waals surface area contributed by atoms with Crippen molar-refractivity contribution in [3.8, 4) is 0 Å². The number of carbonyl (C=O) groups is 2. The highest BCUT2D eigenvalue weighted by Crippen LogP contribution is 2.51. The van der Waals surface area contributed by atoms with E-state index in [1.807, 2.05) is 6.92 Å². The van der Waals surface area contributed by atoms with Gasteiger partial charge in [0.25, 0.3) is 5.69 Å². The standard InChI is InChI=1S/C18H22N2O6/c1-5-19-10(2)14(16(21)22)15(18(4,11(19)3)17(23)24)12-7-6-8-13(9-12)20(25)26/h6-9,11,15H,5H2,1-4H3,(H,21,22)(H,23,24). The molecule has 1 aliphatic heterocycles. The van der Waals surface area contributed by atoms with Crippen molar-refractivity contribution in [2.24, 2.45) is 5.41 Å². The minimum Gasteiger partial charge on any atom is -0.481 e.